The minimum absolute atomic E-state index is 0.0923. The number of aromatic nitrogens is 1. The van der Waals surface area contributed by atoms with Crippen molar-refractivity contribution < 1.29 is 18.8 Å². The number of urea groups is 1. The summed E-state index contributed by atoms with van der Waals surface area (Å²) in [4.78, 5) is 45.4. The molecule has 2 aromatic carbocycles. The highest BCUT2D eigenvalue weighted by molar-refractivity contribution is 6.30. The second-order valence-corrected chi connectivity index (χ2v) is 7.63. The lowest BCUT2D eigenvalue weighted by Crippen LogP contribution is -2.37. The summed E-state index contributed by atoms with van der Waals surface area (Å²) < 4.78 is 13.3. The van der Waals surface area contributed by atoms with Gasteiger partial charge in [-0.3, -0.25) is 14.6 Å². The first-order valence-corrected chi connectivity index (χ1v) is 10.1. The molecule has 1 aromatic heterocycles. The molecule has 1 atom stereocenters. The number of nitrogens with one attached hydrogen (secondary N) is 1. The average molecular weight is 453 g/mol. The minimum Gasteiger partial charge on any atom is -0.326 e. The Labute approximate surface area is 188 Å². The number of benzene rings is 2. The lowest BCUT2D eigenvalue weighted by atomic mass is 10.1. The van der Waals surface area contributed by atoms with Gasteiger partial charge in [0.05, 0.1) is 12.1 Å². The Balaban J connectivity index is 1.59. The van der Waals surface area contributed by atoms with Crippen LogP contribution in [0.25, 0.3) is 0 Å². The number of carbonyl (C=O) groups excluding carboxylic acids is 3. The predicted molar refractivity (Wildman–Crippen MR) is 118 cm³/mol. The highest BCUT2D eigenvalue weighted by Crippen LogP contribution is 2.28. The van der Waals surface area contributed by atoms with Gasteiger partial charge in [0.15, 0.2) is 0 Å². The van der Waals surface area contributed by atoms with Crippen LogP contribution in [0.4, 0.5) is 20.6 Å². The molecule has 2 heterocycles. The number of carbonyl (C=O) groups is 3. The Morgan fingerprint density at radius 2 is 1.78 bits per heavy atom. The van der Waals surface area contributed by atoms with Gasteiger partial charge in [-0.05, 0) is 60.2 Å². The van der Waals surface area contributed by atoms with E-state index in [-0.39, 0.29) is 18.7 Å². The third kappa shape index (κ3) is 4.60. The van der Waals surface area contributed by atoms with Gasteiger partial charge in [-0.15, -0.1) is 0 Å². The molecule has 1 N–H and O–H groups in total. The molecule has 4 amide bonds. The Bertz CT molecular complexity index is 1140. The van der Waals surface area contributed by atoms with Crippen molar-refractivity contribution in [1.82, 2.24) is 9.88 Å². The standard InChI is InChI=1S/C23H18ClFN4O3/c24-16-3-7-18(8-4-16)27-21(30)12-20-22(31)29(19-9-5-17(25)6-10-19)23(32)28(20)14-15-2-1-11-26-13-15/h1-11,13,20H,12,14H2,(H,27,30)/t20-/m1/s1. The van der Waals surface area contributed by atoms with Crippen LogP contribution in [0.3, 0.4) is 0 Å². The molecule has 0 radical (unpaired) electrons. The molecule has 4 rings (SSSR count). The van der Waals surface area contributed by atoms with Crippen LogP contribution in [0.2, 0.25) is 5.02 Å². The lowest BCUT2D eigenvalue weighted by molar-refractivity contribution is -0.124. The normalized spacial score (nSPS) is 15.9. The number of rotatable bonds is 6. The molecule has 9 heteroatoms. The Morgan fingerprint density at radius 1 is 1.06 bits per heavy atom. The molecule has 1 fully saturated rings. The third-order valence-corrected chi connectivity index (χ3v) is 5.24. The van der Waals surface area contributed by atoms with E-state index in [1.165, 1.54) is 29.2 Å². The first kappa shape index (κ1) is 21.5. The van der Waals surface area contributed by atoms with E-state index in [0.29, 0.717) is 16.3 Å². The number of imide groups is 1. The molecule has 7 nitrogen and oxygen atoms in total. The summed E-state index contributed by atoms with van der Waals surface area (Å²) in [6.07, 6.45) is 2.94. The molecule has 1 aliphatic heterocycles. The van der Waals surface area contributed by atoms with Crippen LogP contribution in [0.5, 0.6) is 0 Å². The molecule has 0 saturated carbocycles. The van der Waals surface area contributed by atoms with Crippen molar-refractivity contribution in [2.75, 3.05) is 10.2 Å². The molecule has 0 bridgehead atoms. The first-order valence-electron chi connectivity index (χ1n) is 9.77. The minimum atomic E-state index is -1.03. The van der Waals surface area contributed by atoms with Crippen LogP contribution >= 0.6 is 11.6 Å². The smallest absolute Gasteiger partial charge is 0.326 e. The van der Waals surface area contributed by atoms with Crippen LogP contribution in [0.15, 0.2) is 73.1 Å². The van der Waals surface area contributed by atoms with Crippen molar-refractivity contribution in [2.45, 2.75) is 19.0 Å². The monoisotopic (exact) mass is 452 g/mol. The zero-order valence-corrected chi connectivity index (χ0v) is 17.5. The molecule has 162 valence electrons. The van der Waals surface area contributed by atoms with Crippen LogP contribution in [-0.4, -0.2) is 33.8 Å². The van der Waals surface area contributed by atoms with E-state index in [1.807, 2.05) is 0 Å². The molecule has 0 spiro atoms. The lowest BCUT2D eigenvalue weighted by Gasteiger charge is -2.21. The largest absolute Gasteiger partial charge is 0.332 e. The number of amides is 4. The van der Waals surface area contributed by atoms with Crippen molar-refractivity contribution in [2.24, 2.45) is 0 Å². The fourth-order valence-corrected chi connectivity index (χ4v) is 3.58. The van der Waals surface area contributed by atoms with Crippen molar-refractivity contribution >= 4 is 40.8 Å². The van der Waals surface area contributed by atoms with Crippen molar-refractivity contribution in [3.8, 4) is 0 Å². The fraction of sp³-hybridized carbons (Fsp3) is 0.130. The van der Waals surface area contributed by atoms with E-state index in [2.05, 4.69) is 10.3 Å². The van der Waals surface area contributed by atoms with E-state index < -0.39 is 29.7 Å². The van der Waals surface area contributed by atoms with Gasteiger partial charge in [-0.2, -0.15) is 0 Å². The van der Waals surface area contributed by atoms with Gasteiger partial charge in [0, 0.05) is 29.6 Å². The maximum Gasteiger partial charge on any atom is 0.332 e. The van der Waals surface area contributed by atoms with E-state index in [9.17, 15) is 18.8 Å². The zero-order chi connectivity index (χ0) is 22.7. The van der Waals surface area contributed by atoms with Crippen LogP contribution in [0.1, 0.15) is 12.0 Å². The molecule has 32 heavy (non-hydrogen) atoms. The Hall–Kier alpha value is -3.78. The summed E-state index contributed by atoms with van der Waals surface area (Å²) in [5, 5.41) is 3.23. The van der Waals surface area contributed by atoms with E-state index in [1.54, 1.807) is 48.8 Å². The van der Waals surface area contributed by atoms with Gasteiger partial charge < -0.3 is 10.2 Å². The van der Waals surface area contributed by atoms with Gasteiger partial charge in [0.1, 0.15) is 11.9 Å². The van der Waals surface area contributed by atoms with Crippen molar-refractivity contribution in [3.63, 3.8) is 0 Å². The summed E-state index contributed by atoms with van der Waals surface area (Å²) in [5.74, 6) is -1.48. The summed E-state index contributed by atoms with van der Waals surface area (Å²) >= 11 is 5.87. The second kappa shape index (κ2) is 9.15. The number of hydrogen-bond donors (Lipinski definition) is 1. The van der Waals surface area contributed by atoms with E-state index in [0.717, 1.165) is 4.90 Å². The molecule has 0 unspecified atom stereocenters. The number of nitrogens with zero attached hydrogens (tertiary/aromatic N) is 3. The summed E-state index contributed by atoms with van der Waals surface area (Å²) in [7, 11) is 0. The summed E-state index contributed by atoms with van der Waals surface area (Å²) in [6, 6.07) is 13.5. The van der Waals surface area contributed by atoms with Gasteiger partial charge >= 0.3 is 6.03 Å². The maximum atomic E-state index is 13.3. The van der Waals surface area contributed by atoms with Crippen LogP contribution in [0, 0.1) is 5.82 Å². The highest BCUT2D eigenvalue weighted by Gasteiger charge is 2.46. The highest BCUT2D eigenvalue weighted by atomic mass is 35.5. The first-order chi connectivity index (χ1) is 15.4. The van der Waals surface area contributed by atoms with E-state index in [4.69, 9.17) is 11.6 Å². The van der Waals surface area contributed by atoms with Crippen molar-refractivity contribution in [3.05, 3.63) is 89.5 Å². The van der Waals surface area contributed by atoms with Gasteiger partial charge in [0.25, 0.3) is 5.91 Å². The van der Waals surface area contributed by atoms with Crippen LogP contribution < -0.4 is 10.2 Å². The molecule has 1 aliphatic rings. The van der Waals surface area contributed by atoms with Gasteiger partial charge in [-0.25, -0.2) is 14.1 Å². The Morgan fingerprint density at radius 3 is 2.44 bits per heavy atom. The quantitative estimate of drug-likeness (QED) is 0.567. The number of hydrogen-bond acceptors (Lipinski definition) is 4. The number of pyridine rings is 1. The van der Waals surface area contributed by atoms with Gasteiger partial charge in [-0.1, -0.05) is 17.7 Å². The summed E-state index contributed by atoms with van der Waals surface area (Å²) in [6.45, 7) is 0.0923. The fourth-order valence-electron chi connectivity index (χ4n) is 3.45. The average Bonchev–Trinajstić information content (AvgIpc) is 3.01. The SMILES string of the molecule is O=C(C[C@@H]1C(=O)N(c2ccc(F)cc2)C(=O)N1Cc1cccnc1)Nc1ccc(Cl)cc1. The third-order valence-electron chi connectivity index (χ3n) is 4.99. The van der Waals surface area contributed by atoms with E-state index >= 15 is 0 Å². The molecular formula is C23H18ClFN4O3. The number of anilines is 2. The number of halogens is 2. The topological polar surface area (TPSA) is 82.6 Å². The second-order valence-electron chi connectivity index (χ2n) is 7.20. The predicted octanol–water partition coefficient (Wildman–Crippen LogP) is 4.24. The molecule has 1 saturated heterocycles. The van der Waals surface area contributed by atoms with Crippen LogP contribution in [-0.2, 0) is 16.1 Å². The molecular weight excluding hydrogens is 435 g/mol. The van der Waals surface area contributed by atoms with Gasteiger partial charge in [0.2, 0.25) is 5.91 Å². The molecule has 3 aromatic rings. The maximum absolute atomic E-state index is 13.3. The molecule has 0 aliphatic carbocycles. The summed E-state index contributed by atoms with van der Waals surface area (Å²) in [5.41, 5.74) is 1.46. The Kier molecular flexibility index (Phi) is 6.13. The van der Waals surface area contributed by atoms with Crippen molar-refractivity contribution in [1.29, 1.82) is 0 Å². The zero-order valence-electron chi connectivity index (χ0n) is 16.7.